The number of carbonyl (C=O) groups excluding carboxylic acids is 4. The predicted octanol–water partition coefficient (Wildman–Crippen LogP) is 25.5. The Balaban J connectivity index is 0.000000177. The Morgan fingerprint density at radius 1 is 0.276 bits per heavy atom. The summed E-state index contributed by atoms with van der Waals surface area (Å²) in [4.78, 5) is 54.4. The minimum atomic E-state index is -0.417. The molecule has 116 heavy (non-hydrogen) atoms. The van der Waals surface area contributed by atoms with E-state index in [2.05, 4.69) is 309 Å². The number of ether oxygens (including phenoxy) is 5. The number of hydrogen-bond acceptors (Lipinski definition) is 13. The SMILES string of the molecule is C=C(C)C(=O)OCCOCc1ccc(N(c2ccccc2)c2ccccc2)cc1.C=C(C)C(=O)OCCc1ccc(N(c2ccc(C)c(C)c2)c2ccc(C)c(C)c2)cc1.C=CC(=O)OCc1ccc(N(c2ccc(C)c(C)c2)c2ccc(C)c(C)c2)cc1.C=CC(=O)OCc1ccc(N(c2ccc(C)cc2)c2ccc(C)cc2)cc1. The Labute approximate surface area is 686 Å². The first kappa shape index (κ1) is 86.6. The van der Waals surface area contributed by atoms with Crippen LogP contribution in [0.4, 0.5) is 68.2 Å². The Hall–Kier alpha value is -13.4. The van der Waals surface area contributed by atoms with Crippen molar-refractivity contribution < 1.29 is 42.9 Å². The van der Waals surface area contributed by atoms with Crippen LogP contribution in [0.2, 0.25) is 0 Å². The van der Waals surface area contributed by atoms with Crippen molar-refractivity contribution >= 4 is 92.1 Å². The van der Waals surface area contributed by atoms with E-state index >= 15 is 0 Å². The number of anilines is 12. The van der Waals surface area contributed by atoms with E-state index in [0.717, 1.165) is 90.5 Å². The summed E-state index contributed by atoms with van der Waals surface area (Å²) in [5.41, 5.74) is 30.6. The summed E-state index contributed by atoms with van der Waals surface area (Å²) >= 11 is 0. The van der Waals surface area contributed by atoms with Gasteiger partial charge in [0.1, 0.15) is 19.8 Å². The van der Waals surface area contributed by atoms with E-state index in [4.69, 9.17) is 23.7 Å². The summed E-state index contributed by atoms with van der Waals surface area (Å²) in [5, 5.41) is 0. The third-order valence-electron chi connectivity index (χ3n) is 19.5. The van der Waals surface area contributed by atoms with Crippen LogP contribution in [0.3, 0.4) is 0 Å². The molecule has 0 bridgehead atoms. The molecule has 0 fully saturated rings. The first-order valence-corrected chi connectivity index (χ1v) is 38.8. The zero-order valence-electron chi connectivity index (χ0n) is 69.0. The highest BCUT2D eigenvalue weighted by atomic mass is 16.6. The molecule has 0 amide bonds. The van der Waals surface area contributed by atoms with E-state index in [-0.39, 0.29) is 31.8 Å². The average molecular weight is 1540 g/mol. The van der Waals surface area contributed by atoms with Crippen LogP contribution in [0.5, 0.6) is 0 Å². The fourth-order valence-corrected chi connectivity index (χ4v) is 12.1. The third-order valence-corrected chi connectivity index (χ3v) is 19.5. The Bertz CT molecular complexity index is 5110. The van der Waals surface area contributed by atoms with Crippen LogP contribution in [-0.4, -0.2) is 43.7 Å². The normalized spacial score (nSPS) is 10.4. The molecular formula is C103H106N4O9. The third kappa shape index (κ3) is 25.3. The second kappa shape index (κ2) is 43.0. The lowest BCUT2D eigenvalue weighted by molar-refractivity contribution is -0.141. The van der Waals surface area contributed by atoms with Crippen LogP contribution in [-0.2, 0) is 69.1 Å². The van der Waals surface area contributed by atoms with Gasteiger partial charge in [-0.1, -0.05) is 171 Å². The zero-order chi connectivity index (χ0) is 83.2. The van der Waals surface area contributed by atoms with E-state index in [0.29, 0.717) is 37.4 Å². The van der Waals surface area contributed by atoms with Crippen LogP contribution in [0.15, 0.2) is 329 Å². The molecule has 0 unspecified atom stereocenters. The Morgan fingerprint density at radius 2 is 0.526 bits per heavy atom. The summed E-state index contributed by atoms with van der Waals surface area (Å²) in [5.74, 6) is -1.56. The van der Waals surface area contributed by atoms with Gasteiger partial charge in [0.15, 0.2) is 0 Å². The van der Waals surface area contributed by atoms with Gasteiger partial charge in [0, 0.05) is 98.0 Å². The fourth-order valence-electron chi connectivity index (χ4n) is 12.1. The largest absolute Gasteiger partial charge is 0.462 e. The predicted molar refractivity (Wildman–Crippen MR) is 477 cm³/mol. The maximum Gasteiger partial charge on any atom is 0.333 e. The molecule has 0 aromatic heterocycles. The molecule has 0 aliphatic heterocycles. The van der Waals surface area contributed by atoms with Gasteiger partial charge in [-0.2, -0.15) is 0 Å². The van der Waals surface area contributed by atoms with Crippen LogP contribution in [0.1, 0.15) is 91.7 Å². The summed E-state index contributed by atoms with van der Waals surface area (Å²) in [6, 6.07) is 96.5. The standard InChI is InChI=1S/C28H31NO2.C26H27NO2.C25H25NO3.C24H23NO2/c1-19(2)28(30)31-16-15-24-9-13-25(14-10-24)29(26-11-7-20(3)22(5)17-26)27-12-8-21(4)23(6)18-27;1-6-26(28)29-17-22-9-13-23(14-10-22)27(24-11-7-18(2)20(4)15-24)25-12-8-19(3)21(5)16-25;1-20(2)25(27)29-18-17-28-19-21-13-15-24(16-14-21)26(22-9-5-3-6-10-22)23-11-7-4-8-12-23;1-4-24(26)27-17-20-9-15-23(16-10-20)25(21-11-5-18(2)6-12-21)22-13-7-19(3)8-14-22/h7-14,17-18H,1,15-16H2,2-6H3;6-16H,1,17H2,2-5H3;3-16H,1,17-19H2,2H3;4-16H,1,17H2,2-3H3. The molecular weight excluding hydrogens is 1440 g/mol. The summed E-state index contributed by atoms with van der Waals surface area (Å²) < 4.78 is 26.1. The number of aryl methyl sites for hydroxylation is 10. The highest BCUT2D eigenvalue weighted by Gasteiger charge is 2.19. The minimum Gasteiger partial charge on any atom is -0.462 e. The van der Waals surface area contributed by atoms with Crippen molar-refractivity contribution in [1.82, 2.24) is 0 Å². The quantitative estimate of drug-likeness (QED) is 0.0200. The molecule has 12 aromatic carbocycles. The van der Waals surface area contributed by atoms with Gasteiger partial charge in [-0.15, -0.1) is 0 Å². The second-order valence-corrected chi connectivity index (χ2v) is 28.7. The van der Waals surface area contributed by atoms with E-state index in [1.807, 2.05) is 84.9 Å². The molecule has 12 aromatic rings. The lowest BCUT2D eigenvalue weighted by atomic mass is 10.0. The van der Waals surface area contributed by atoms with Crippen LogP contribution in [0.25, 0.3) is 0 Å². The molecule has 0 radical (unpaired) electrons. The topological polar surface area (TPSA) is 127 Å². The molecule has 0 aliphatic rings. The molecule has 592 valence electrons. The van der Waals surface area contributed by atoms with Gasteiger partial charge in [0.2, 0.25) is 0 Å². The van der Waals surface area contributed by atoms with Gasteiger partial charge in [-0.25, -0.2) is 19.2 Å². The number of hydrogen-bond donors (Lipinski definition) is 0. The molecule has 0 saturated carbocycles. The number of nitrogens with zero attached hydrogens (tertiary/aromatic N) is 4. The van der Waals surface area contributed by atoms with Crippen LogP contribution in [0, 0.1) is 69.2 Å². The smallest absolute Gasteiger partial charge is 0.333 e. The van der Waals surface area contributed by atoms with Crippen molar-refractivity contribution in [3.8, 4) is 0 Å². The highest BCUT2D eigenvalue weighted by Crippen LogP contribution is 2.40. The van der Waals surface area contributed by atoms with Gasteiger partial charge in [0.05, 0.1) is 19.8 Å². The highest BCUT2D eigenvalue weighted by molar-refractivity contribution is 5.88. The molecule has 0 atom stereocenters. The lowest BCUT2D eigenvalue weighted by Crippen LogP contribution is -2.11. The van der Waals surface area contributed by atoms with Gasteiger partial charge in [-0.3, -0.25) is 0 Å². The second-order valence-electron chi connectivity index (χ2n) is 28.7. The molecule has 13 nitrogen and oxygen atoms in total. The number of para-hydroxylation sites is 2. The summed E-state index contributed by atoms with van der Waals surface area (Å²) in [6.07, 6.45) is 3.02. The fraction of sp³-hybridized carbons (Fsp3) is 0.184. The number of esters is 4. The van der Waals surface area contributed by atoms with Crippen molar-refractivity contribution in [1.29, 1.82) is 0 Å². The maximum atomic E-state index is 11.6. The number of rotatable bonds is 28. The van der Waals surface area contributed by atoms with Gasteiger partial charge in [-0.05, 0) is 295 Å². The molecule has 0 saturated heterocycles. The Morgan fingerprint density at radius 3 is 0.810 bits per heavy atom. The van der Waals surface area contributed by atoms with Crippen molar-refractivity contribution in [2.75, 3.05) is 39.4 Å². The lowest BCUT2D eigenvalue weighted by Gasteiger charge is -2.27. The van der Waals surface area contributed by atoms with Gasteiger partial charge >= 0.3 is 23.9 Å². The van der Waals surface area contributed by atoms with E-state index < -0.39 is 11.9 Å². The zero-order valence-corrected chi connectivity index (χ0v) is 69.0. The number of carbonyl (C=O) groups is 4. The molecule has 0 spiro atoms. The Kier molecular flexibility index (Phi) is 32.1. The summed E-state index contributed by atoms with van der Waals surface area (Å²) in [6.45, 7) is 40.4. The van der Waals surface area contributed by atoms with E-state index in [9.17, 15) is 19.2 Å². The van der Waals surface area contributed by atoms with Crippen molar-refractivity contribution in [2.24, 2.45) is 0 Å². The van der Waals surface area contributed by atoms with Crippen LogP contribution >= 0.6 is 0 Å². The molecule has 0 heterocycles. The maximum absolute atomic E-state index is 11.6. The minimum absolute atomic E-state index is 0.222. The first-order chi connectivity index (χ1) is 55.9. The number of benzene rings is 12. The van der Waals surface area contributed by atoms with Crippen molar-refractivity contribution in [3.05, 3.63) is 407 Å². The van der Waals surface area contributed by atoms with Crippen molar-refractivity contribution in [2.45, 2.75) is 109 Å². The average Bonchev–Trinajstić information content (AvgIpc) is 0.786. The van der Waals surface area contributed by atoms with Gasteiger partial charge < -0.3 is 43.3 Å². The summed E-state index contributed by atoms with van der Waals surface area (Å²) in [7, 11) is 0. The van der Waals surface area contributed by atoms with E-state index in [1.54, 1.807) is 13.8 Å². The molecule has 0 aliphatic carbocycles. The molecule has 0 N–H and O–H groups in total. The van der Waals surface area contributed by atoms with E-state index in [1.165, 1.54) is 67.8 Å². The molecule has 13 heteroatoms. The molecule has 12 rings (SSSR count). The monoisotopic (exact) mass is 1540 g/mol. The van der Waals surface area contributed by atoms with Crippen LogP contribution < -0.4 is 19.6 Å². The van der Waals surface area contributed by atoms with Crippen molar-refractivity contribution in [3.63, 3.8) is 0 Å². The van der Waals surface area contributed by atoms with Gasteiger partial charge in [0.25, 0.3) is 0 Å². The first-order valence-electron chi connectivity index (χ1n) is 38.8.